The molecule has 1 N–H and O–H groups in total. The number of carbonyl (C=O) groups excluding carboxylic acids is 2. The molecule has 9 heteroatoms. The average molecular weight is 407 g/mol. The van der Waals surface area contributed by atoms with Crippen molar-refractivity contribution in [2.24, 2.45) is 0 Å². The molecular weight excluding hydrogens is 397 g/mol. The quantitative estimate of drug-likeness (QED) is 0.561. The molecule has 0 fully saturated rings. The van der Waals surface area contributed by atoms with Crippen molar-refractivity contribution in [1.82, 2.24) is 0 Å². The van der Waals surface area contributed by atoms with Crippen LogP contribution < -0.4 is 0 Å². The molecule has 0 spiro atoms. The second-order valence-electron chi connectivity index (χ2n) is 3.17. The maximum atomic E-state index is 11.3. The summed E-state index contributed by atoms with van der Waals surface area (Å²) in [6.45, 7) is 0. The van der Waals surface area contributed by atoms with Gasteiger partial charge in [-0.2, -0.15) is 8.42 Å². The largest absolute Gasteiger partial charge is 0.465 e. The van der Waals surface area contributed by atoms with E-state index in [1.54, 1.807) is 0 Å². The predicted octanol–water partition coefficient (Wildman–Crippen LogP) is 0.126. The Morgan fingerprint density at radius 1 is 1.11 bits per heavy atom. The molecule has 0 aromatic heterocycles. The van der Waals surface area contributed by atoms with E-state index in [1.807, 2.05) is 0 Å². The minimum absolute atomic E-state index is 0. The molecule has 0 aliphatic carbocycles. The van der Waals surface area contributed by atoms with Gasteiger partial charge in [0.25, 0.3) is 10.1 Å². The van der Waals surface area contributed by atoms with Crippen molar-refractivity contribution in [3.05, 3.63) is 29.3 Å². The Bertz CT molecular complexity index is 594. The van der Waals surface area contributed by atoms with Crippen molar-refractivity contribution >= 4 is 91.0 Å². The van der Waals surface area contributed by atoms with Gasteiger partial charge >= 0.3 is 11.9 Å². The molecule has 1 aromatic carbocycles. The van der Waals surface area contributed by atoms with E-state index in [4.69, 9.17) is 4.55 Å². The molecule has 1 aromatic rings. The van der Waals surface area contributed by atoms with E-state index in [9.17, 15) is 18.0 Å². The third kappa shape index (κ3) is 4.86. The van der Waals surface area contributed by atoms with Gasteiger partial charge in [0, 0.05) is 68.9 Å². The number of carbonyl (C=O) groups is 2. The first-order valence-electron chi connectivity index (χ1n) is 4.59. The van der Waals surface area contributed by atoms with Crippen LogP contribution in [-0.2, 0) is 19.6 Å². The summed E-state index contributed by atoms with van der Waals surface area (Å²) in [5.74, 6) is -1.74. The normalized spacial score (nSPS) is 10.3. The summed E-state index contributed by atoms with van der Waals surface area (Å²) in [5.41, 5.74) is -0.481. The molecule has 1 rings (SSSR count). The Balaban J connectivity index is 0.00000324. The van der Waals surface area contributed by atoms with E-state index in [1.165, 1.54) is 6.07 Å². The fourth-order valence-corrected chi connectivity index (χ4v) is 1.96. The number of esters is 2. The monoisotopic (exact) mass is 407 g/mol. The molecule has 0 saturated heterocycles. The topological polar surface area (TPSA) is 107 Å². The van der Waals surface area contributed by atoms with Gasteiger partial charge in [0.05, 0.1) is 25.3 Å². The summed E-state index contributed by atoms with van der Waals surface area (Å²) in [6.07, 6.45) is 0. The summed E-state index contributed by atoms with van der Waals surface area (Å²) >= 11 is 0. The molecule has 0 bridgehead atoms. The van der Waals surface area contributed by atoms with E-state index in [-0.39, 0.29) is 80.0 Å². The van der Waals surface area contributed by atoms with Crippen LogP contribution in [0.2, 0.25) is 0 Å². The zero-order valence-corrected chi connectivity index (χ0v) is 17.6. The van der Waals surface area contributed by atoms with Crippen LogP contribution in [0, 0.1) is 0 Å². The van der Waals surface area contributed by atoms with Crippen molar-refractivity contribution in [1.29, 1.82) is 0 Å². The van der Waals surface area contributed by atoms with Crippen molar-refractivity contribution in [3.8, 4) is 0 Å². The van der Waals surface area contributed by atoms with Crippen molar-refractivity contribution in [2.45, 2.75) is 4.90 Å². The smallest absolute Gasteiger partial charge is 0.339 e. The first kappa shape index (κ1) is 19.1. The first-order valence-corrected chi connectivity index (χ1v) is 6.03. The Morgan fingerprint density at radius 3 is 2.05 bits per heavy atom. The maximum absolute atomic E-state index is 11.3. The molecule has 0 aliphatic heterocycles. The van der Waals surface area contributed by atoms with Gasteiger partial charge in [-0.3, -0.25) is 4.55 Å². The molecule has 19 heavy (non-hydrogen) atoms. The predicted molar refractivity (Wildman–Crippen MR) is 64.7 cm³/mol. The number of methoxy groups -OCH3 is 2. The van der Waals surface area contributed by atoms with Gasteiger partial charge in [0.15, 0.2) is 0 Å². The summed E-state index contributed by atoms with van der Waals surface area (Å²) in [7, 11) is -2.49. The van der Waals surface area contributed by atoms with Gasteiger partial charge in [-0.1, -0.05) is 0 Å². The fraction of sp³-hybridized carbons (Fsp3) is 0.200. The Hall–Kier alpha value is 0.122. The summed E-state index contributed by atoms with van der Waals surface area (Å²) in [4.78, 5) is 21.8. The Kier molecular flexibility index (Phi) is 7.84. The standard InChI is InChI=1S/C10H10O7S.Cs/c1-16-9(11)6-3-4-7(10(12)17-2)8(5-6)18(13,14)15;/h3-5H,1-2H3,(H,13,14,15);. The van der Waals surface area contributed by atoms with Gasteiger partial charge in [-0.15, -0.1) is 0 Å². The van der Waals surface area contributed by atoms with Gasteiger partial charge in [0.2, 0.25) is 0 Å². The Labute approximate surface area is 168 Å². The van der Waals surface area contributed by atoms with Crippen molar-refractivity contribution in [2.75, 3.05) is 14.2 Å². The third-order valence-electron chi connectivity index (χ3n) is 2.09. The van der Waals surface area contributed by atoms with Crippen LogP contribution in [0.15, 0.2) is 23.1 Å². The van der Waals surface area contributed by atoms with Crippen LogP contribution in [-0.4, -0.2) is 108 Å². The van der Waals surface area contributed by atoms with E-state index >= 15 is 0 Å². The SMILES string of the molecule is COC(=O)c1ccc(C(=O)OC)c(S(=O)(=O)O)c1.[Cs]. The second-order valence-corrected chi connectivity index (χ2v) is 4.56. The van der Waals surface area contributed by atoms with E-state index in [2.05, 4.69) is 9.47 Å². The van der Waals surface area contributed by atoms with E-state index < -0.39 is 27.0 Å². The summed E-state index contributed by atoms with van der Waals surface area (Å²) in [5, 5.41) is 0. The molecule has 1 radical (unpaired) electrons. The zero-order chi connectivity index (χ0) is 13.9. The third-order valence-corrected chi connectivity index (χ3v) is 2.98. The van der Waals surface area contributed by atoms with Crippen LogP contribution >= 0.6 is 0 Å². The molecule has 0 saturated carbocycles. The van der Waals surface area contributed by atoms with Crippen molar-refractivity contribution < 1.29 is 32.0 Å². The van der Waals surface area contributed by atoms with Crippen LogP contribution in [0.1, 0.15) is 20.7 Å². The second kappa shape index (κ2) is 7.79. The van der Waals surface area contributed by atoms with Crippen LogP contribution in [0.3, 0.4) is 0 Å². The minimum atomic E-state index is -4.66. The van der Waals surface area contributed by atoms with E-state index in [0.29, 0.717) is 0 Å². The number of hydrogen-bond donors (Lipinski definition) is 1. The van der Waals surface area contributed by atoms with Crippen LogP contribution in [0.25, 0.3) is 0 Å². The van der Waals surface area contributed by atoms with Gasteiger partial charge < -0.3 is 9.47 Å². The zero-order valence-electron chi connectivity index (χ0n) is 10.5. The van der Waals surface area contributed by atoms with Crippen LogP contribution in [0.4, 0.5) is 0 Å². The molecule has 0 aliphatic rings. The van der Waals surface area contributed by atoms with Gasteiger partial charge in [-0.05, 0) is 18.2 Å². The van der Waals surface area contributed by atoms with Crippen LogP contribution in [0.5, 0.6) is 0 Å². The number of hydrogen-bond acceptors (Lipinski definition) is 6. The number of rotatable bonds is 3. The molecule has 99 valence electrons. The molecule has 0 heterocycles. The van der Waals surface area contributed by atoms with Gasteiger partial charge in [-0.25, -0.2) is 9.59 Å². The van der Waals surface area contributed by atoms with Gasteiger partial charge in [0.1, 0.15) is 4.90 Å². The Morgan fingerprint density at radius 2 is 1.63 bits per heavy atom. The van der Waals surface area contributed by atoms with Crippen molar-refractivity contribution in [3.63, 3.8) is 0 Å². The summed E-state index contributed by atoms with van der Waals surface area (Å²) < 4.78 is 40.0. The molecular formula is C10H10CsO7S. The average Bonchev–Trinajstić information content (AvgIpc) is 2.35. The molecule has 0 atom stereocenters. The minimum Gasteiger partial charge on any atom is -0.465 e. The number of benzene rings is 1. The first-order chi connectivity index (χ1) is 8.31. The van der Waals surface area contributed by atoms with E-state index in [0.717, 1.165) is 26.4 Å². The molecule has 0 amide bonds. The summed E-state index contributed by atoms with van der Waals surface area (Å²) in [6, 6.07) is 3.08. The molecule has 7 nitrogen and oxygen atoms in total. The maximum Gasteiger partial charge on any atom is 0.339 e. The number of ether oxygens (including phenoxy) is 2. The molecule has 0 unspecified atom stereocenters. The fourth-order valence-electron chi connectivity index (χ4n) is 1.26.